The van der Waals surface area contributed by atoms with Gasteiger partial charge in [-0.3, -0.25) is 4.79 Å². The minimum absolute atomic E-state index is 0.132. The number of nitrogens with zero attached hydrogens (tertiary/aromatic N) is 2. The lowest BCUT2D eigenvalue weighted by atomic mass is 10.1. The van der Waals surface area contributed by atoms with Crippen LogP contribution >= 0.6 is 0 Å². The number of imidazole rings is 1. The molecule has 4 nitrogen and oxygen atoms in total. The molecular weight excluding hydrogens is 262 g/mol. The molecule has 2 rings (SSSR count). The van der Waals surface area contributed by atoms with Gasteiger partial charge in [-0.2, -0.15) is 0 Å². The Balaban J connectivity index is 1.93. The number of carbonyl (C=O) groups is 1. The van der Waals surface area contributed by atoms with Gasteiger partial charge in [-0.1, -0.05) is 31.9 Å². The molecule has 21 heavy (non-hydrogen) atoms. The Hall–Kier alpha value is -2.10. The van der Waals surface area contributed by atoms with Crippen LogP contribution in [0.5, 0.6) is 0 Å². The Bertz CT molecular complexity index is 589. The zero-order chi connectivity index (χ0) is 15.1. The summed E-state index contributed by atoms with van der Waals surface area (Å²) >= 11 is 0. The fourth-order valence-corrected chi connectivity index (χ4v) is 2.29. The van der Waals surface area contributed by atoms with Crippen LogP contribution in [0, 0.1) is 6.92 Å². The summed E-state index contributed by atoms with van der Waals surface area (Å²) < 4.78 is 2.03. The van der Waals surface area contributed by atoms with Gasteiger partial charge in [0.15, 0.2) is 0 Å². The van der Waals surface area contributed by atoms with Crippen LogP contribution in [0.15, 0.2) is 36.7 Å². The van der Waals surface area contributed by atoms with E-state index in [1.54, 1.807) is 6.20 Å². The number of hydrogen-bond acceptors (Lipinski definition) is 2. The molecule has 0 unspecified atom stereocenters. The lowest BCUT2D eigenvalue weighted by molar-refractivity contribution is -0.121. The molecule has 1 amide bonds. The number of amides is 1. The molecule has 0 aliphatic carbocycles. The predicted molar refractivity (Wildman–Crippen MR) is 84.3 cm³/mol. The van der Waals surface area contributed by atoms with Crippen LogP contribution in [0.3, 0.4) is 0 Å². The summed E-state index contributed by atoms with van der Waals surface area (Å²) in [6.45, 7) is 4.69. The normalized spacial score (nSPS) is 10.6. The lowest BCUT2D eigenvalue weighted by Gasteiger charge is -2.09. The zero-order valence-corrected chi connectivity index (χ0v) is 12.8. The van der Waals surface area contributed by atoms with Gasteiger partial charge in [0.05, 0.1) is 0 Å². The molecule has 4 heteroatoms. The van der Waals surface area contributed by atoms with Crippen molar-refractivity contribution in [2.45, 2.75) is 46.1 Å². The van der Waals surface area contributed by atoms with Crippen LogP contribution in [0.4, 0.5) is 0 Å². The highest BCUT2D eigenvalue weighted by Crippen LogP contribution is 2.12. The van der Waals surface area contributed by atoms with Gasteiger partial charge < -0.3 is 9.88 Å². The number of aryl methyl sites for hydroxylation is 1. The van der Waals surface area contributed by atoms with Crippen molar-refractivity contribution in [3.8, 4) is 5.69 Å². The smallest absolute Gasteiger partial charge is 0.220 e. The maximum Gasteiger partial charge on any atom is 0.220 e. The number of aromatic nitrogens is 2. The molecule has 0 fully saturated rings. The number of nitrogens with one attached hydrogen (secondary N) is 1. The van der Waals surface area contributed by atoms with Gasteiger partial charge in [-0.05, 0) is 31.0 Å². The monoisotopic (exact) mass is 285 g/mol. The van der Waals surface area contributed by atoms with Gasteiger partial charge in [0.2, 0.25) is 5.91 Å². The summed E-state index contributed by atoms with van der Waals surface area (Å²) in [6.07, 6.45) is 7.57. The molecule has 0 saturated heterocycles. The fourth-order valence-electron chi connectivity index (χ4n) is 2.29. The molecule has 1 aromatic heterocycles. The van der Waals surface area contributed by atoms with E-state index in [0.717, 1.165) is 36.3 Å². The van der Waals surface area contributed by atoms with Crippen molar-refractivity contribution in [3.05, 3.63) is 48.0 Å². The quantitative estimate of drug-likeness (QED) is 0.793. The topological polar surface area (TPSA) is 46.9 Å². The van der Waals surface area contributed by atoms with Crippen LogP contribution in [-0.2, 0) is 11.3 Å². The number of carbonyl (C=O) groups excluding carboxylic acids is 1. The number of benzene rings is 1. The highest BCUT2D eigenvalue weighted by atomic mass is 16.1. The van der Waals surface area contributed by atoms with Gasteiger partial charge >= 0.3 is 0 Å². The molecule has 0 bridgehead atoms. The van der Waals surface area contributed by atoms with Crippen molar-refractivity contribution in [2.24, 2.45) is 0 Å². The van der Waals surface area contributed by atoms with E-state index in [2.05, 4.69) is 23.3 Å². The van der Waals surface area contributed by atoms with Crippen LogP contribution in [0.1, 0.15) is 44.0 Å². The van der Waals surface area contributed by atoms with Gasteiger partial charge in [0.1, 0.15) is 5.82 Å². The number of hydrogen-bond donors (Lipinski definition) is 1. The molecular formula is C17H23N3O. The third-order valence-corrected chi connectivity index (χ3v) is 3.51. The van der Waals surface area contributed by atoms with Crippen molar-refractivity contribution in [1.29, 1.82) is 0 Å². The molecule has 0 radical (unpaired) electrons. The first-order chi connectivity index (χ1) is 10.2. The Kier molecular flexibility index (Phi) is 5.55. The molecule has 0 aliphatic heterocycles. The molecule has 0 saturated carbocycles. The fraction of sp³-hybridized carbons (Fsp3) is 0.412. The molecule has 0 spiro atoms. The Labute approximate surface area is 126 Å². The first kappa shape index (κ1) is 15.3. The van der Waals surface area contributed by atoms with Crippen molar-refractivity contribution in [2.75, 3.05) is 0 Å². The molecule has 112 valence electrons. The predicted octanol–water partition coefficient (Wildman–Crippen LogP) is 3.38. The summed E-state index contributed by atoms with van der Waals surface area (Å²) in [5, 5.41) is 2.98. The lowest BCUT2D eigenvalue weighted by Crippen LogP contribution is -2.22. The van der Waals surface area contributed by atoms with Gasteiger partial charge in [-0.15, -0.1) is 0 Å². The average molecular weight is 285 g/mol. The Morgan fingerprint density at radius 2 is 2.19 bits per heavy atom. The number of rotatable bonds is 7. The standard InChI is InChI=1S/C17H23N3O/c1-3-4-5-9-17(21)19-13-15-7-6-8-16(12-15)20-11-10-18-14(20)2/h6-8,10-12H,3-5,9,13H2,1-2H3,(H,19,21). The molecule has 1 N–H and O–H groups in total. The van der Waals surface area contributed by atoms with Crippen molar-refractivity contribution >= 4 is 5.91 Å². The number of unbranched alkanes of at least 4 members (excludes halogenated alkanes) is 2. The molecule has 0 atom stereocenters. The second-order valence-corrected chi connectivity index (χ2v) is 5.25. The van der Waals surface area contributed by atoms with Gasteiger partial charge in [0.25, 0.3) is 0 Å². The second-order valence-electron chi connectivity index (χ2n) is 5.25. The minimum Gasteiger partial charge on any atom is -0.352 e. The molecule has 1 heterocycles. The van der Waals surface area contributed by atoms with Gasteiger partial charge in [0, 0.05) is 31.0 Å². The van der Waals surface area contributed by atoms with E-state index in [0.29, 0.717) is 13.0 Å². The van der Waals surface area contributed by atoms with E-state index < -0.39 is 0 Å². The van der Waals surface area contributed by atoms with Crippen molar-refractivity contribution in [1.82, 2.24) is 14.9 Å². The van der Waals surface area contributed by atoms with E-state index in [1.807, 2.05) is 35.9 Å². The molecule has 0 aliphatic rings. The maximum atomic E-state index is 11.7. The van der Waals surface area contributed by atoms with Crippen LogP contribution in [0.2, 0.25) is 0 Å². The van der Waals surface area contributed by atoms with Crippen LogP contribution < -0.4 is 5.32 Å². The largest absolute Gasteiger partial charge is 0.352 e. The van der Waals surface area contributed by atoms with E-state index in [1.165, 1.54) is 0 Å². The third kappa shape index (κ3) is 4.45. The highest BCUT2D eigenvalue weighted by Gasteiger charge is 2.04. The Morgan fingerprint density at radius 1 is 1.33 bits per heavy atom. The van der Waals surface area contributed by atoms with Crippen molar-refractivity contribution in [3.63, 3.8) is 0 Å². The zero-order valence-electron chi connectivity index (χ0n) is 12.8. The van der Waals surface area contributed by atoms with Crippen molar-refractivity contribution < 1.29 is 4.79 Å². The molecule has 2 aromatic rings. The minimum atomic E-state index is 0.132. The maximum absolute atomic E-state index is 11.7. The first-order valence-corrected chi connectivity index (χ1v) is 7.56. The summed E-state index contributed by atoms with van der Waals surface area (Å²) in [4.78, 5) is 16.0. The van der Waals surface area contributed by atoms with E-state index in [-0.39, 0.29) is 5.91 Å². The summed E-state index contributed by atoms with van der Waals surface area (Å²) in [5.41, 5.74) is 2.17. The summed E-state index contributed by atoms with van der Waals surface area (Å²) in [6, 6.07) is 8.16. The van der Waals surface area contributed by atoms with E-state index in [4.69, 9.17) is 0 Å². The SMILES string of the molecule is CCCCCC(=O)NCc1cccc(-n2ccnc2C)c1. The van der Waals surface area contributed by atoms with Gasteiger partial charge in [-0.25, -0.2) is 4.98 Å². The van der Waals surface area contributed by atoms with Crippen LogP contribution in [-0.4, -0.2) is 15.5 Å². The second kappa shape index (κ2) is 7.62. The summed E-state index contributed by atoms with van der Waals surface area (Å²) in [7, 11) is 0. The van der Waals surface area contributed by atoms with E-state index in [9.17, 15) is 4.79 Å². The summed E-state index contributed by atoms with van der Waals surface area (Å²) in [5.74, 6) is 1.09. The third-order valence-electron chi connectivity index (χ3n) is 3.51. The van der Waals surface area contributed by atoms with Crippen LogP contribution in [0.25, 0.3) is 5.69 Å². The molecule has 1 aromatic carbocycles. The highest BCUT2D eigenvalue weighted by molar-refractivity contribution is 5.75. The van der Waals surface area contributed by atoms with E-state index >= 15 is 0 Å². The average Bonchev–Trinajstić information content (AvgIpc) is 2.92. The first-order valence-electron chi connectivity index (χ1n) is 7.56. The Morgan fingerprint density at radius 3 is 2.90 bits per heavy atom.